The molecule has 1 aromatic heterocycles. The van der Waals surface area contributed by atoms with Crippen LogP contribution in [0.2, 0.25) is 0 Å². The Kier molecular flexibility index (Phi) is 5.45. The van der Waals surface area contributed by atoms with Crippen molar-refractivity contribution < 1.29 is 13.6 Å². The lowest BCUT2D eigenvalue weighted by molar-refractivity contribution is -0.113. The number of carbonyl (C=O) groups excluding carboxylic acids is 1. The highest BCUT2D eigenvalue weighted by atomic mass is 32.2. The third kappa shape index (κ3) is 4.45. The number of benzene rings is 2. The average molecular weight is 359 g/mol. The summed E-state index contributed by atoms with van der Waals surface area (Å²) in [6, 6.07) is 13.1. The molecular weight excluding hydrogens is 344 g/mol. The highest BCUT2D eigenvalue weighted by Gasteiger charge is 2.11. The summed E-state index contributed by atoms with van der Waals surface area (Å²) >= 11 is 1.37. The van der Waals surface area contributed by atoms with Crippen molar-refractivity contribution in [1.29, 1.82) is 0 Å². The minimum Gasteiger partial charge on any atom is -0.320 e. The van der Waals surface area contributed by atoms with Crippen molar-refractivity contribution >= 4 is 23.4 Å². The first-order valence-electron chi connectivity index (χ1n) is 7.54. The Labute approximate surface area is 147 Å². The maximum Gasteiger partial charge on any atom is 0.234 e. The van der Waals surface area contributed by atoms with E-state index in [1.165, 1.54) is 17.8 Å². The number of aromatic nitrogens is 2. The van der Waals surface area contributed by atoms with E-state index in [9.17, 15) is 13.6 Å². The van der Waals surface area contributed by atoms with E-state index in [1.807, 2.05) is 36.5 Å². The van der Waals surface area contributed by atoms with Crippen LogP contribution in [0.15, 0.2) is 60.9 Å². The third-order valence-electron chi connectivity index (χ3n) is 3.43. The van der Waals surface area contributed by atoms with Crippen LogP contribution in [0.3, 0.4) is 0 Å². The van der Waals surface area contributed by atoms with Gasteiger partial charge >= 0.3 is 0 Å². The van der Waals surface area contributed by atoms with E-state index >= 15 is 0 Å². The predicted octanol–water partition coefficient (Wildman–Crippen LogP) is 4.02. The second kappa shape index (κ2) is 7.94. The molecule has 0 atom stereocenters. The van der Waals surface area contributed by atoms with Crippen LogP contribution in [0.1, 0.15) is 5.56 Å². The molecular formula is C18H15F2N3OS. The minimum atomic E-state index is -0.785. The number of thioether (sulfide) groups is 1. The van der Waals surface area contributed by atoms with E-state index < -0.39 is 23.2 Å². The summed E-state index contributed by atoms with van der Waals surface area (Å²) in [6.07, 6.45) is 3.57. The summed E-state index contributed by atoms with van der Waals surface area (Å²) in [6.45, 7) is 0. The molecule has 0 radical (unpaired) electrons. The fraction of sp³-hybridized carbons (Fsp3) is 0.111. The summed E-state index contributed by atoms with van der Waals surface area (Å²) in [4.78, 5) is 11.8. The lowest BCUT2D eigenvalue weighted by Gasteiger charge is -2.08. The largest absolute Gasteiger partial charge is 0.320 e. The monoisotopic (exact) mass is 359 g/mol. The number of rotatable bonds is 6. The fourth-order valence-corrected chi connectivity index (χ4v) is 3.01. The fourth-order valence-electron chi connectivity index (χ4n) is 2.22. The first-order valence-corrected chi connectivity index (χ1v) is 8.69. The highest BCUT2D eigenvalue weighted by molar-refractivity contribution is 7.99. The van der Waals surface area contributed by atoms with Crippen molar-refractivity contribution in [2.24, 2.45) is 0 Å². The SMILES string of the molecule is O=C(CSCc1ccc(-n2cccn2)cc1)Nc1c(F)cccc1F. The zero-order valence-corrected chi connectivity index (χ0v) is 14.0. The van der Waals surface area contributed by atoms with Gasteiger partial charge in [-0.3, -0.25) is 4.79 Å². The Balaban J connectivity index is 1.50. The molecule has 1 N–H and O–H groups in total. The summed E-state index contributed by atoms with van der Waals surface area (Å²) in [5.41, 5.74) is 1.59. The Hall–Kier alpha value is -2.67. The molecule has 1 amide bonds. The molecule has 3 rings (SSSR count). The number of halogens is 2. The second-order valence-corrected chi connectivity index (χ2v) is 6.24. The van der Waals surface area contributed by atoms with Gasteiger partial charge in [0.2, 0.25) is 5.91 Å². The number of para-hydroxylation sites is 1. The lowest BCUT2D eigenvalue weighted by Crippen LogP contribution is -2.16. The molecule has 1 heterocycles. The molecule has 0 bridgehead atoms. The molecule has 128 valence electrons. The first-order chi connectivity index (χ1) is 12.1. The Morgan fingerprint density at radius 1 is 1.08 bits per heavy atom. The molecule has 0 saturated heterocycles. The van der Waals surface area contributed by atoms with Crippen LogP contribution in [0.4, 0.5) is 14.5 Å². The van der Waals surface area contributed by atoms with E-state index in [0.29, 0.717) is 5.75 Å². The molecule has 0 saturated carbocycles. The van der Waals surface area contributed by atoms with Gasteiger partial charge in [-0.05, 0) is 35.9 Å². The third-order valence-corrected chi connectivity index (χ3v) is 4.44. The smallest absolute Gasteiger partial charge is 0.234 e. The summed E-state index contributed by atoms with van der Waals surface area (Å²) in [5, 5.41) is 6.42. The van der Waals surface area contributed by atoms with Crippen molar-refractivity contribution in [3.63, 3.8) is 0 Å². The van der Waals surface area contributed by atoms with Crippen LogP contribution in [-0.2, 0) is 10.5 Å². The van der Waals surface area contributed by atoms with Crippen molar-refractivity contribution in [3.05, 3.63) is 78.1 Å². The van der Waals surface area contributed by atoms with E-state index in [-0.39, 0.29) is 5.75 Å². The van der Waals surface area contributed by atoms with Crippen LogP contribution in [0.25, 0.3) is 5.69 Å². The first kappa shape index (κ1) is 17.2. The molecule has 0 unspecified atom stereocenters. The molecule has 0 fully saturated rings. The molecule has 7 heteroatoms. The van der Waals surface area contributed by atoms with E-state index in [2.05, 4.69) is 10.4 Å². The van der Waals surface area contributed by atoms with Crippen LogP contribution in [0, 0.1) is 11.6 Å². The number of nitrogens with one attached hydrogen (secondary N) is 1. The molecule has 25 heavy (non-hydrogen) atoms. The minimum absolute atomic E-state index is 0.106. The summed E-state index contributed by atoms with van der Waals surface area (Å²) < 4.78 is 28.7. The van der Waals surface area contributed by atoms with Gasteiger partial charge in [-0.15, -0.1) is 11.8 Å². The molecule has 0 aliphatic heterocycles. The lowest BCUT2D eigenvalue weighted by atomic mass is 10.2. The quantitative estimate of drug-likeness (QED) is 0.723. The summed E-state index contributed by atoms with van der Waals surface area (Å²) in [7, 11) is 0. The van der Waals surface area contributed by atoms with Gasteiger partial charge in [-0.25, -0.2) is 13.5 Å². The van der Waals surface area contributed by atoms with Gasteiger partial charge in [0, 0.05) is 18.1 Å². The Bertz CT molecular complexity index is 831. The number of anilines is 1. The van der Waals surface area contributed by atoms with Gasteiger partial charge in [0.15, 0.2) is 0 Å². The zero-order valence-electron chi connectivity index (χ0n) is 13.2. The predicted molar refractivity (Wildman–Crippen MR) is 94.7 cm³/mol. The van der Waals surface area contributed by atoms with E-state index in [0.717, 1.165) is 23.4 Å². The van der Waals surface area contributed by atoms with Crippen LogP contribution >= 0.6 is 11.8 Å². The second-order valence-electron chi connectivity index (χ2n) is 5.25. The van der Waals surface area contributed by atoms with Gasteiger partial charge in [-0.1, -0.05) is 18.2 Å². The van der Waals surface area contributed by atoms with Crippen molar-refractivity contribution in [2.75, 3.05) is 11.1 Å². The number of amides is 1. The maximum atomic E-state index is 13.5. The van der Waals surface area contributed by atoms with Crippen LogP contribution in [0.5, 0.6) is 0 Å². The van der Waals surface area contributed by atoms with E-state index in [1.54, 1.807) is 10.9 Å². The molecule has 0 aliphatic rings. The topological polar surface area (TPSA) is 46.9 Å². The summed E-state index contributed by atoms with van der Waals surface area (Å²) in [5.74, 6) is -1.29. The molecule has 0 aliphatic carbocycles. The average Bonchev–Trinajstić information content (AvgIpc) is 3.13. The number of hydrogen-bond acceptors (Lipinski definition) is 3. The van der Waals surface area contributed by atoms with Crippen molar-refractivity contribution in [3.8, 4) is 5.69 Å². The van der Waals surface area contributed by atoms with Crippen molar-refractivity contribution in [1.82, 2.24) is 9.78 Å². The molecule has 2 aromatic carbocycles. The highest BCUT2D eigenvalue weighted by Crippen LogP contribution is 2.19. The Morgan fingerprint density at radius 2 is 1.80 bits per heavy atom. The number of nitrogens with zero attached hydrogens (tertiary/aromatic N) is 2. The van der Waals surface area contributed by atoms with Crippen LogP contribution < -0.4 is 5.32 Å². The molecule has 3 aromatic rings. The standard InChI is InChI=1S/C18H15F2N3OS/c19-15-3-1-4-16(20)18(15)22-17(24)12-25-11-13-5-7-14(8-6-13)23-10-2-9-21-23/h1-10H,11-12H2,(H,22,24). The van der Waals surface area contributed by atoms with Crippen molar-refractivity contribution in [2.45, 2.75) is 5.75 Å². The molecule has 0 spiro atoms. The van der Waals surface area contributed by atoms with Crippen LogP contribution in [-0.4, -0.2) is 21.4 Å². The molecule has 4 nitrogen and oxygen atoms in total. The zero-order chi connectivity index (χ0) is 17.6. The number of carbonyl (C=O) groups is 1. The van der Waals surface area contributed by atoms with Gasteiger partial charge in [0.1, 0.15) is 17.3 Å². The van der Waals surface area contributed by atoms with Gasteiger partial charge in [-0.2, -0.15) is 5.10 Å². The Morgan fingerprint density at radius 3 is 2.44 bits per heavy atom. The number of hydrogen-bond donors (Lipinski definition) is 1. The van der Waals surface area contributed by atoms with E-state index in [4.69, 9.17) is 0 Å². The normalized spacial score (nSPS) is 10.6. The van der Waals surface area contributed by atoms with Gasteiger partial charge < -0.3 is 5.32 Å². The maximum absolute atomic E-state index is 13.5. The van der Waals surface area contributed by atoms with Gasteiger partial charge in [0.05, 0.1) is 11.4 Å². The van der Waals surface area contributed by atoms with Gasteiger partial charge in [0.25, 0.3) is 0 Å².